The van der Waals surface area contributed by atoms with E-state index in [2.05, 4.69) is 25.4 Å². The highest BCUT2D eigenvalue weighted by molar-refractivity contribution is 7.99. The van der Waals surface area contributed by atoms with Crippen LogP contribution >= 0.6 is 11.8 Å². The molecule has 92 valence electrons. The number of nitrogens with two attached hydrogens (primary N) is 1. The summed E-state index contributed by atoms with van der Waals surface area (Å²) in [5.74, 6) is 5.11. The molecule has 2 aromatic heterocycles. The molecule has 9 nitrogen and oxygen atoms in total. The highest BCUT2D eigenvalue weighted by atomic mass is 32.2. The van der Waals surface area contributed by atoms with Crippen LogP contribution in [0.15, 0.2) is 35.0 Å². The van der Waals surface area contributed by atoms with Crippen molar-refractivity contribution in [3.05, 3.63) is 35.0 Å². The van der Waals surface area contributed by atoms with E-state index in [0.717, 1.165) is 11.8 Å². The van der Waals surface area contributed by atoms with E-state index >= 15 is 0 Å². The molecular weight excluding hydrogens is 258 g/mol. The molecule has 10 heteroatoms. The van der Waals surface area contributed by atoms with Gasteiger partial charge in [-0.1, -0.05) is 0 Å². The average Bonchev–Trinajstić information content (AvgIpc) is 2.39. The van der Waals surface area contributed by atoms with Crippen LogP contribution in [-0.2, 0) is 0 Å². The molecule has 0 saturated heterocycles. The number of nitrogens with zero attached hydrogens (tertiary/aromatic N) is 5. The van der Waals surface area contributed by atoms with Crippen LogP contribution in [0.5, 0.6) is 0 Å². The summed E-state index contributed by atoms with van der Waals surface area (Å²) in [6.07, 6.45) is 5.65. The fraction of sp³-hybridized carbons (Fsp3) is 0. The van der Waals surface area contributed by atoms with Crippen molar-refractivity contribution in [1.82, 2.24) is 19.9 Å². The van der Waals surface area contributed by atoms with Crippen molar-refractivity contribution in [3.8, 4) is 0 Å². The second-order valence-corrected chi connectivity index (χ2v) is 3.93. The lowest BCUT2D eigenvalue weighted by molar-refractivity contribution is -0.387. The van der Waals surface area contributed by atoms with E-state index in [1.165, 1.54) is 24.9 Å². The lowest BCUT2D eigenvalue weighted by atomic mass is 10.5. The van der Waals surface area contributed by atoms with Crippen molar-refractivity contribution in [2.24, 2.45) is 5.84 Å². The minimum absolute atomic E-state index is 0.0543. The molecule has 2 rings (SSSR count). The zero-order valence-corrected chi connectivity index (χ0v) is 9.66. The van der Waals surface area contributed by atoms with Gasteiger partial charge in [-0.25, -0.2) is 20.8 Å². The molecule has 3 N–H and O–H groups in total. The van der Waals surface area contributed by atoms with Crippen LogP contribution in [0.1, 0.15) is 0 Å². The molecule has 0 spiro atoms. The fourth-order valence-electron chi connectivity index (χ4n) is 1.14. The van der Waals surface area contributed by atoms with Gasteiger partial charge in [-0.2, -0.15) is 0 Å². The van der Waals surface area contributed by atoms with Crippen molar-refractivity contribution >= 4 is 23.3 Å². The van der Waals surface area contributed by atoms with E-state index in [1.54, 1.807) is 0 Å². The maximum absolute atomic E-state index is 11.0. The maximum atomic E-state index is 11.0. The highest BCUT2D eigenvalue weighted by Crippen LogP contribution is 2.34. The van der Waals surface area contributed by atoms with E-state index in [-0.39, 0.29) is 16.5 Å². The first-order chi connectivity index (χ1) is 8.72. The zero-order valence-electron chi connectivity index (χ0n) is 8.85. The molecule has 0 aliphatic heterocycles. The van der Waals surface area contributed by atoms with E-state index in [1.807, 2.05) is 0 Å². The van der Waals surface area contributed by atoms with Crippen LogP contribution in [0.4, 0.5) is 11.5 Å². The molecule has 0 radical (unpaired) electrons. The minimum Gasteiger partial charge on any atom is -0.303 e. The smallest absolute Gasteiger partial charge is 0.303 e. The summed E-state index contributed by atoms with van der Waals surface area (Å²) < 4.78 is 0. The minimum atomic E-state index is -0.603. The number of rotatable bonds is 4. The predicted octanol–water partition coefficient (Wildman–Crippen LogP) is 0.612. The van der Waals surface area contributed by atoms with Crippen molar-refractivity contribution in [1.29, 1.82) is 0 Å². The van der Waals surface area contributed by atoms with E-state index in [0.29, 0.717) is 5.03 Å². The molecule has 0 aliphatic rings. The summed E-state index contributed by atoms with van der Waals surface area (Å²) in [6.45, 7) is 0. The Hall–Kier alpha value is -2.33. The van der Waals surface area contributed by atoms with Crippen LogP contribution in [0.2, 0.25) is 0 Å². The molecular formula is C8H7N7O2S. The second kappa shape index (κ2) is 5.33. The largest absolute Gasteiger partial charge is 0.344 e. The number of anilines is 1. The topological polar surface area (TPSA) is 133 Å². The Kier molecular flexibility index (Phi) is 3.60. The standard InChI is InChI=1S/C8H7N7O2S/c9-14-7-6(15(16)17)8(13-4-12-7)18-5-3-10-1-2-11-5/h1-4H,9H2,(H,12,13,14). The lowest BCUT2D eigenvalue weighted by Crippen LogP contribution is -2.12. The zero-order chi connectivity index (χ0) is 13.0. The van der Waals surface area contributed by atoms with Crippen LogP contribution in [0.25, 0.3) is 0 Å². The Morgan fingerprint density at radius 2 is 2.17 bits per heavy atom. The van der Waals surface area contributed by atoms with Gasteiger partial charge in [0.25, 0.3) is 0 Å². The van der Waals surface area contributed by atoms with E-state index < -0.39 is 4.92 Å². The summed E-state index contributed by atoms with van der Waals surface area (Å²) in [6, 6.07) is 0. The first kappa shape index (κ1) is 12.1. The molecule has 0 bridgehead atoms. The Labute approximate surface area is 105 Å². The molecule has 18 heavy (non-hydrogen) atoms. The van der Waals surface area contributed by atoms with Crippen molar-refractivity contribution in [3.63, 3.8) is 0 Å². The van der Waals surface area contributed by atoms with Gasteiger partial charge >= 0.3 is 5.69 Å². The first-order valence-electron chi connectivity index (χ1n) is 4.62. The monoisotopic (exact) mass is 265 g/mol. The van der Waals surface area contributed by atoms with E-state index in [4.69, 9.17) is 5.84 Å². The first-order valence-corrected chi connectivity index (χ1v) is 5.44. The third kappa shape index (κ3) is 2.49. The number of hydrogen-bond acceptors (Lipinski definition) is 9. The van der Waals surface area contributed by atoms with Gasteiger partial charge in [-0.15, -0.1) is 0 Å². The lowest BCUT2D eigenvalue weighted by Gasteiger charge is -2.04. The molecule has 0 saturated carbocycles. The van der Waals surface area contributed by atoms with Gasteiger partial charge < -0.3 is 5.43 Å². The summed E-state index contributed by atoms with van der Waals surface area (Å²) in [4.78, 5) is 25.8. The third-order valence-corrected chi connectivity index (χ3v) is 2.76. The Morgan fingerprint density at radius 3 is 2.78 bits per heavy atom. The van der Waals surface area contributed by atoms with Gasteiger partial charge in [0.15, 0.2) is 5.03 Å². The van der Waals surface area contributed by atoms with Gasteiger partial charge in [0.2, 0.25) is 5.82 Å². The van der Waals surface area contributed by atoms with Gasteiger partial charge in [0.1, 0.15) is 11.4 Å². The van der Waals surface area contributed by atoms with Gasteiger partial charge in [-0.05, 0) is 11.8 Å². The number of aromatic nitrogens is 4. The molecule has 0 unspecified atom stereocenters. The second-order valence-electron chi connectivity index (χ2n) is 2.92. The van der Waals surface area contributed by atoms with Crippen molar-refractivity contribution in [2.45, 2.75) is 10.1 Å². The molecule has 2 aromatic rings. The summed E-state index contributed by atoms with van der Waals surface area (Å²) in [7, 11) is 0. The molecule has 0 atom stereocenters. The SMILES string of the molecule is NNc1ncnc(Sc2cnccn2)c1[N+](=O)[O-]. The molecule has 2 heterocycles. The Balaban J connectivity index is 2.42. The third-order valence-electron chi connectivity index (χ3n) is 1.85. The summed E-state index contributed by atoms with van der Waals surface area (Å²) >= 11 is 1.01. The summed E-state index contributed by atoms with van der Waals surface area (Å²) in [5, 5.41) is 11.6. The quantitative estimate of drug-likeness (QED) is 0.353. The number of hydrazine groups is 1. The van der Waals surface area contributed by atoms with Crippen molar-refractivity contribution in [2.75, 3.05) is 5.43 Å². The molecule has 0 aromatic carbocycles. The van der Waals surface area contributed by atoms with Crippen molar-refractivity contribution < 1.29 is 4.92 Å². The summed E-state index contributed by atoms with van der Waals surface area (Å²) in [5.41, 5.74) is 1.87. The molecule has 0 fully saturated rings. The van der Waals surface area contributed by atoms with Crippen LogP contribution in [0, 0.1) is 10.1 Å². The van der Waals surface area contributed by atoms with E-state index in [9.17, 15) is 10.1 Å². The van der Waals surface area contributed by atoms with Crippen LogP contribution in [0.3, 0.4) is 0 Å². The highest BCUT2D eigenvalue weighted by Gasteiger charge is 2.23. The average molecular weight is 265 g/mol. The maximum Gasteiger partial charge on any atom is 0.344 e. The van der Waals surface area contributed by atoms with Gasteiger partial charge in [0, 0.05) is 12.4 Å². The number of nitrogens with one attached hydrogen (secondary N) is 1. The van der Waals surface area contributed by atoms with Crippen LogP contribution in [-0.4, -0.2) is 24.9 Å². The van der Waals surface area contributed by atoms with Gasteiger partial charge in [0.05, 0.1) is 11.1 Å². The number of hydrogen-bond donors (Lipinski definition) is 2. The molecule has 0 amide bonds. The van der Waals surface area contributed by atoms with Gasteiger partial charge in [-0.3, -0.25) is 15.1 Å². The molecule has 0 aliphatic carbocycles. The number of nitro groups is 1. The normalized spacial score (nSPS) is 10.1. The fourth-order valence-corrected chi connectivity index (χ4v) is 1.94. The predicted molar refractivity (Wildman–Crippen MR) is 62.7 cm³/mol. The Bertz CT molecular complexity index is 565. The van der Waals surface area contributed by atoms with Crippen LogP contribution < -0.4 is 11.3 Å². The Morgan fingerprint density at radius 1 is 1.33 bits per heavy atom. The number of nitrogen functional groups attached to an aromatic ring is 1.